The van der Waals surface area contributed by atoms with Crippen molar-refractivity contribution in [3.63, 3.8) is 0 Å². The van der Waals surface area contributed by atoms with Gasteiger partial charge in [0.2, 0.25) is 0 Å². The zero-order valence-electron chi connectivity index (χ0n) is 24.3. The molecule has 0 bridgehead atoms. The summed E-state index contributed by atoms with van der Waals surface area (Å²) in [4.78, 5) is 33.4. The fourth-order valence-electron chi connectivity index (χ4n) is 4.94. The maximum Gasteiger partial charge on any atom is 0.413 e. The lowest BCUT2D eigenvalue weighted by atomic mass is 10.0. The number of nitrogens with one attached hydrogen (secondary N) is 1. The smallest absolute Gasteiger partial charge is 0.413 e. The summed E-state index contributed by atoms with van der Waals surface area (Å²) in [5, 5.41) is 3.39. The summed E-state index contributed by atoms with van der Waals surface area (Å²) in [7, 11) is 0. The Morgan fingerprint density at radius 1 is 1.12 bits per heavy atom. The van der Waals surface area contributed by atoms with Gasteiger partial charge in [0.1, 0.15) is 29.4 Å². The van der Waals surface area contributed by atoms with Crippen molar-refractivity contribution in [1.29, 1.82) is 0 Å². The molecule has 42 heavy (non-hydrogen) atoms. The Balaban J connectivity index is 1.44. The normalized spacial score (nSPS) is 17.6. The van der Waals surface area contributed by atoms with E-state index < -0.39 is 23.1 Å². The van der Waals surface area contributed by atoms with Gasteiger partial charge in [0.05, 0.1) is 26.3 Å². The largest absolute Gasteiger partial charge is 0.490 e. The molecule has 226 valence electrons. The van der Waals surface area contributed by atoms with Gasteiger partial charge in [0, 0.05) is 42.9 Å². The third kappa shape index (κ3) is 6.54. The van der Waals surface area contributed by atoms with E-state index in [0.717, 1.165) is 16.9 Å². The van der Waals surface area contributed by atoms with E-state index in [1.165, 1.54) is 6.07 Å². The fraction of sp³-hybridized carbons (Fsp3) is 0.483. The van der Waals surface area contributed by atoms with Crippen LogP contribution in [-0.4, -0.2) is 70.5 Å². The van der Waals surface area contributed by atoms with Crippen LogP contribution in [0, 0.1) is 5.82 Å². The van der Waals surface area contributed by atoms with Crippen LogP contribution >= 0.6 is 34.5 Å². The maximum atomic E-state index is 14.9. The number of ether oxygens (including phenoxy) is 3. The average molecular weight is 640 g/mol. The van der Waals surface area contributed by atoms with Crippen LogP contribution in [0.1, 0.15) is 47.1 Å². The second kappa shape index (κ2) is 11.3. The maximum absolute atomic E-state index is 14.9. The fourth-order valence-corrected chi connectivity index (χ4v) is 6.58. The first-order valence-corrected chi connectivity index (χ1v) is 15.1. The summed E-state index contributed by atoms with van der Waals surface area (Å²) in [6.07, 6.45) is -1.05. The number of rotatable bonds is 2. The van der Waals surface area contributed by atoms with E-state index >= 15 is 0 Å². The van der Waals surface area contributed by atoms with Crippen LogP contribution in [0.2, 0.25) is 10.0 Å². The first-order chi connectivity index (χ1) is 19.6. The Hall–Kier alpha value is -2.86. The minimum atomic E-state index is -0.706. The summed E-state index contributed by atoms with van der Waals surface area (Å²) in [6.45, 7) is 13.2. The highest BCUT2D eigenvalue weighted by molar-refractivity contribution is 7.22. The van der Waals surface area contributed by atoms with Crippen LogP contribution in [0.5, 0.6) is 5.75 Å². The van der Waals surface area contributed by atoms with Gasteiger partial charge in [-0.15, -0.1) is 0 Å². The SMILES string of the molecule is CC(C)(C)OC(=O)Nc1nc2c(-c3c(Cl)cc4c(c3Cl)OC[C@H]3CN(C(=O)OC(C)(C)C)CCN3C4)ccc(F)c2s1. The van der Waals surface area contributed by atoms with Gasteiger partial charge in [-0.3, -0.25) is 10.2 Å². The molecule has 3 aromatic rings. The number of hydrogen-bond acceptors (Lipinski definition) is 8. The monoisotopic (exact) mass is 638 g/mol. The molecule has 2 aliphatic heterocycles. The highest BCUT2D eigenvalue weighted by atomic mass is 35.5. The van der Waals surface area contributed by atoms with Crippen LogP contribution in [-0.2, 0) is 16.0 Å². The molecule has 0 radical (unpaired) electrons. The summed E-state index contributed by atoms with van der Waals surface area (Å²) in [6, 6.07) is 4.61. The van der Waals surface area contributed by atoms with E-state index in [0.29, 0.717) is 60.2 Å². The number of piperazine rings is 1. The number of carbonyl (C=O) groups excluding carboxylic acids is 2. The summed E-state index contributed by atoms with van der Waals surface area (Å²) < 4.78 is 32.2. The average Bonchev–Trinajstić information content (AvgIpc) is 3.18. The second-order valence-electron chi connectivity index (χ2n) is 12.3. The van der Waals surface area contributed by atoms with Gasteiger partial charge >= 0.3 is 12.2 Å². The Kier molecular flexibility index (Phi) is 8.25. The number of hydrogen-bond donors (Lipinski definition) is 1. The van der Waals surface area contributed by atoms with Gasteiger partial charge in [-0.25, -0.2) is 19.0 Å². The summed E-state index contributed by atoms with van der Waals surface area (Å²) in [5.41, 5.74) is 0.772. The van der Waals surface area contributed by atoms with Crippen molar-refractivity contribution in [3.8, 4) is 16.9 Å². The molecule has 0 unspecified atom stereocenters. The third-order valence-corrected chi connectivity index (χ3v) is 8.31. The van der Waals surface area contributed by atoms with E-state index in [4.69, 9.17) is 37.4 Å². The van der Waals surface area contributed by atoms with Gasteiger partial charge in [-0.2, -0.15) is 0 Å². The van der Waals surface area contributed by atoms with Crippen LogP contribution in [0.25, 0.3) is 21.3 Å². The van der Waals surface area contributed by atoms with Crippen molar-refractivity contribution in [1.82, 2.24) is 14.8 Å². The van der Waals surface area contributed by atoms with Crippen LogP contribution in [0.4, 0.5) is 19.1 Å². The zero-order valence-corrected chi connectivity index (χ0v) is 26.6. The van der Waals surface area contributed by atoms with Crippen LogP contribution in [0.15, 0.2) is 18.2 Å². The molecule has 0 aliphatic carbocycles. The van der Waals surface area contributed by atoms with E-state index in [1.54, 1.807) is 31.7 Å². The topological polar surface area (TPSA) is 93.2 Å². The van der Waals surface area contributed by atoms with Gasteiger partial charge < -0.3 is 19.1 Å². The molecule has 3 heterocycles. The molecule has 2 aliphatic rings. The van der Waals surface area contributed by atoms with Crippen molar-refractivity contribution < 1.29 is 28.2 Å². The number of aromatic nitrogens is 1. The van der Waals surface area contributed by atoms with E-state index in [2.05, 4.69) is 15.2 Å². The Morgan fingerprint density at radius 2 is 1.83 bits per heavy atom. The van der Waals surface area contributed by atoms with Crippen molar-refractivity contribution >= 4 is 62.1 Å². The first-order valence-electron chi connectivity index (χ1n) is 13.5. The number of amides is 2. The molecular formula is C29H33Cl2FN4O5S. The molecule has 0 spiro atoms. The number of anilines is 1. The number of carbonyl (C=O) groups is 2. The lowest BCUT2D eigenvalue weighted by Gasteiger charge is -2.40. The quantitative estimate of drug-likeness (QED) is 0.309. The van der Waals surface area contributed by atoms with Crippen LogP contribution < -0.4 is 10.1 Å². The Bertz CT molecular complexity index is 1550. The van der Waals surface area contributed by atoms with Crippen LogP contribution in [0.3, 0.4) is 0 Å². The van der Waals surface area contributed by atoms with Crippen molar-refractivity contribution in [3.05, 3.63) is 39.6 Å². The molecule has 1 aromatic heterocycles. The molecule has 2 aromatic carbocycles. The molecule has 2 amide bonds. The van der Waals surface area contributed by atoms with Crippen molar-refractivity contribution in [2.24, 2.45) is 0 Å². The predicted molar refractivity (Wildman–Crippen MR) is 162 cm³/mol. The summed E-state index contributed by atoms with van der Waals surface area (Å²) in [5.74, 6) is -0.0118. The Morgan fingerprint density at radius 3 is 2.52 bits per heavy atom. The standard InChI is InChI=1S/C29H33Cl2FN4O5S/c1-28(2,3)40-26(37)34-25-33-22-17(7-8-19(32)24(22)42-25)20-18(30)11-15-12-35-9-10-36(27(38)41-29(4,5)6)13-16(35)14-39-23(15)21(20)31/h7-8,11,16H,9-10,12-14H2,1-6H3,(H,33,34,37)/t16-/m1/s1. The molecular weight excluding hydrogens is 606 g/mol. The van der Waals surface area contributed by atoms with Gasteiger partial charge in [-0.05, 0) is 59.7 Å². The number of nitrogens with zero attached hydrogens (tertiary/aromatic N) is 3. The van der Waals surface area contributed by atoms with E-state index in [-0.39, 0.29) is 27.0 Å². The van der Waals surface area contributed by atoms with E-state index in [1.807, 2.05) is 26.8 Å². The number of thiazole rings is 1. The zero-order chi connectivity index (χ0) is 30.6. The molecule has 1 saturated heterocycles. The Labute approximate surface area is 257 Å². The predicted octanol–water partition coefficient (Wildman–Crippen LogP) is 7.57. The summed E-state index contributed by atoms with van der Waals surface area (Å²) >= 11 is 14.8. The van der Waals surface area contributed by atoms with Gasteiger partial charge in [0.15, 0.2) is 5.13 Å². The van der Waals surface area contributed by atoms with Gasteiger partial charge in [0.25, 0.3) is 0 Å². The minimum absolute atomic E-state index is 0.0745. The number of halogens is 3. The second-order valence-corrected chi connectivity index (χ2v) is 14.1. The van der Waals surface area contributed by atoms with Crippen molar-refractivity contribution in [2.75, 3.05) is 31.6 Å². The lowest BCUT2D eigenvalue weighted by Crippen LogP contribution is -2.56. The molecule has 5 rings (SSSR count). The van der Waals surface area contributed by atoms with Crippen molar-refractivity contribution in [2.45, 2.75) is 65.3 Å². The number of benzene rings is 2. The minimum Gasteiger partial charge on any atom is -0.490 e. The molecule has 1 atom stereocenters. The first kappa shape index (κ1) is 30.6. The molecule has 13 heteroatoms. The highest BCUT2D eigenvalue weighted by Gasteiger charge is 2.36. The highest BCUT2D eigenvalue weighted by Crippen LogP contribution is 2.47. The number of fused-ring (bicyclic) bond motifs is 3. The van der Waals surface area contributed by atoms with E-state index in [9.17, 15) is 14.0 Å². The molecule has 9 nitrogen and oxygen atoms in total. The molecule has 1 N–H and O–H groups in total. The molecule has 1 fully saturated rings. The lowest BCUT2D eigenvalue weighted by molar-refractivity contribution is -0.00155. The van der Waals surface area contributed by atoms with Gasteiger partial charge in [-0.1, -0.05) is 34.5 Å². The third-order valence-electron chi connectivity index (χ3n) is 6.67. The molecule has 0 saturated carbocycles.